The minimum Gasteiger partial charge on any atom is -0.456 e. The molecule has 0 saturated heterocycles. The van der Waals surface area contributed by atoms with Gasteiger partial charge in [0.15, 0.2) is 0 Å². The van der Waals surface area contributed by atoms with Gasteiger partial charge in [-0.2, -0.15) is 5.10 Å². The molecule has 0 aliphatic carbocycles. The van der Waals surface area contributed by atoms with Crippen LogP contribution < -0.4 is 5.56 Å². The third kappa shape index (κ3) is 3.45. The molecule has 0 radical (unpaired) electrons. The van der Waals surface area contributed by atoms with E-state index in [2.05, 4.69) is 15.1 Å². The number of ether oxygens (including phenoxy) is 1. The summed E-state index contributed by atoms with van der Waals surface area (Å²) in [6.45, 7) is 1.82. The molecule has 0 atom stereocenters. The summed E-state index contributed by atoms with van der Waals surface area (Å²) in [7, 11) is 0. The van der Waals surface area contributed by atoms with Crippen molar-refractivity contribution >= 4 is 11.6 Å². The number of hydrogen-bond donors (Lipinski definition) is 0. The van der Waals surface area contributed by atoms with Crippen LogP contribution in [0.15, 0.2) is 66.1 Å². The number of aryl methyl sites for hydroxylation is 1. The van der Waals surface area contributed by atoms with Crippen LogP contribution in [0.5, 0.6) is 0 Å². The van der Waals surface area contributed by atoms with Crippen molar-refractivity contribution in [1.82, 2.24) is 24.1 Å². The monoisotopic (exact) mass is 361 g/mol. The van der Waals surface area contributed by atoms with Gasteiger partial charge in [-0.1, -0.05) is 6.07 Å². The fraction of sp³-hybridized carbons (Fsp3) is 0.105. The highest BCUT2D eigenvalue weighted by atomic mass is 16.5. The number of esters is 1. The molecule has 1 aromatic carbocycles. The van der Waals surface area contributed by atoms with Gasteiger partial charge in [-0.3, -0.25) is 9.20 Å². The molecule has 0 saturated carbocycles. The number of hydrogen-bond acceptors (Lipinski definition) is 6. The maximum Gasteiger partial charge on any atom is 0.338 e. The molecule has 134 valence electrons. The van der Waals surface area contributed by atoms with Gasteiger partial charge in [-0.15, -0.1) is 0 Å². The van der Waals surface area contributed by atoms with Crippen molar-refractivity contribution in [3.8, 4) is 5.69 Å². The Hall–Kier alpha value is -3.81. The standard InChI is InChI=1S/C19H15N5O3/c1-13-2-7-17-22-15(8-18(25)23(17)9-13)10-27-19(26)14-3-5-16(6-4-14)24-12-20-11-21-24/h2-9,11-12H,10H2,1H3. The van der Waals surface area contributed by atoms with Gasteiger partial charge >= 0.3 is 5.97 Å². The highest BCUT2D eigenvalue weighted by molar-refractivity contribution is 5.89. The Labute approximate surface area is 153 Å². The Kier molecular flexibility index (Phi) is 4.21. The van der Waals surface area contributed by atoms with Crippen molar-refractivity contribution < 1.29 is 9.53 Å². The molecule has 0 bridgehead atoms. The van der Waals surface area contributed by atoms with E-state index >= 15 is 0 Å². The quantitative estimate of drug-likeness (QED) is 0.516. The van der Waals surface area contributed by atoms with Gasteiger partial charge in [0, 0.05) is 12.3 Å². The third-order valence-electron chi connectivity index (χ3n) is 4.00. The van der Waals surface area contributed by atoms with Gasteiger partial charge in [0.25, 0.3) is 5.56 Å². The molecular weight excluding hydrogens is 346 g/mol. The molecule has 4 aromatic rings. The van der Waals surface area contributed by atoms with Crippen LogP contribution >= 0.6 is 0 Å². The number of aromatic nitrogens is 5. The molecule has 0 aliphatic rings. The van der Waals surface area contributed by atoms with E-state index in [1.807, 2.05) is 13.0 Å². The smallest absolute Gasteiger partial charge is 0.338 e. The Morgan fingerprint density at radius 3 is 2.70 bits per heavy atom. The summed E-state index contributed by atoms with van der Waals surface area (Å²) in [5, 5.41) is 4.03. The summed E-state index contributed by atoms with van der Waals surface area (Å²) < 4.78 is 8.34. The van der Waals surface area contributed by atoms with Crippen LogP contribution in [0, 0.1) is 6.92 Å². The lowest BCUT2D eigenvalue weighted by atomic mass is 10.2. The predicted molar refractivity (Wildman–Crippen MR) is 96.7 cm³/mol. The zero-order valence-corrected chi connectivity index (χ0v) is 14.4. The zero-order chi connectivity index (χ0) is 18.8. The van der Waals surface area contributed by atoms with E-state index in [1.165, 1.54) is 16.8 Å². The first-order chi connectivity index (χ1) is 13.1. The van der Waals surface area contributed by atoms with Crippen molar-refractivity contribution in [3.63, 3.8) is 0 Å². The van der Waals surface area contributed by atoms with E-state index in [4.69, 9.17) is 4.74 Å². The van der Waals surface area contributed by atoms with E-state index < -0.39 is 5.97 Å². The van der Waals surface area contributed by atoms with E-state index in [1.54, 1.807) is 47.5 Å². The van der Waals surface area contributed by atoms with Crippen LogP contribution in [-0.2, 0) is 11.3 Å². The van der Waals surface area contributed by atoms with Gasteiger partial charge in [0.05, 0.1) is 16.9 Å². The maximum atomic E-state index is 12.2. The van der Waals surface area contributed by atoms with Crippen LogP contribution in [0.2, 0.25) is 0 Å². The number of fused-ring (bicyclic) bond motifs is 1. The second-order valence-electron chi connectivity index (χ2n) is 5.98. The van der Waals surface area contributed by atoms with Gasteiger partial charge in [0.2, 0.25) is 0 Å². The number of rotatable bonds is 4. The molecular formula is C19H15N5O3. The molecule has 27 heavy (non-hydrogen) atoms. The fourth-order valence-electron chi connectivity index (χ4n) is 2.65. The summed E-state index contributed by atoms with van der Waals surface area (Å²) in [5.41, 5.74) is 2.83. The first-order valence-electron chi connectivity index (χ1n) is 8.21. The molecule has 0 fully saturated rings. The summed E-state index contributed by atoms with van der Waals surface area (Å²) in [5.74, 6) is -0.494. The summed E-state index contributed by atoms with van der Waals surface area (Å²) in [4.78, 5) is 32.7. The number of carbonyl (C=O) groups is 1. The van der Waals surface area contributed by atoms with Crippen LogP contribution in [0.3, 0.4) is 0 Å². The van der Waals surface area contributed by atoms with E-state index in [-0.39, 0.29) is 12.2 Å². The maximum absolute atomic E-state index is 12.2. The Morgan fingerprint density at radius 1 is 1.15 bits per heavy atom. The molecule has 0 N–H and O–H groups in total. The van der Waals surface area contributed by atoms with Crippen molar-refractivity contribution in [3.05, 3.63) is 88.5 Å². The molecule has 0 aliphatic heterocycles. The second-order valence-corrected chi connectivity index (χ2v) is 5.98. The van der Waals surface area contributed by atoms with Crippen LogP contribution in [0.4, 0.5) is 0 Å². The Bertz CT molecular complexity index is 1160. The first kappa shape index (κ1) is 16.6. The van der Waals surface area contributed by atoms with Crippen molar-refractivity contribution in [2.24, 2.45) is 0 Å². The minimum atomic E-state index is -0.494. The first-order valence-corrected chi connectivity index (χ1v) is 8.21. The van der Waals surface area contributed by atoms with Crippen LogP contribution in [-0.4, -0.2) is 30.1 Å². The molecule has 8 nitrogen and oxygen atoms in total. The lowest BCUT2D eigenvalue weighted by molar-refractivity contribution is 0.0467. The van der Waals surface area contributed by atoms with E-state index in [0.717, 1.165) is 11.3 Å². The molecule has 0 spiro atoms. The van der Waals surface area contributed by atoms with Gasteiger partial charge in [0.1, 0.15) is 24.9 Å². The SMILES string of the molecule is Cc1ccc2nc(COC(=O)c3ccc(-n4cncn4)cc3)cc(=O)n2c1. The average Bonchev–Trinajstić information content (AvgIpc) is 3.22. The van der Waals surface area contributed by atoms with Gasteiger partial charge < -0.3 is 4.74 Å². The summed E-state index contributed by atoms with van der Waals surface area (Å²) in [6.07, 6.45) is 4.72. The molecule has 0 unspecified atom stereocenters. The highest BCUT2D eigenvalue weighted by Crippen LogP contribution is 2.10. The summed E-state index contributed by atoms with van der Waals surface area (Å²) >= 11 is 0. The van der Waals surface area contributed by atoms with E-state index in [9.17, 15) is 9.59 Å². The van der Waals surface area contributed by atoms with Crippen LogP contribution in [0.1, 0.15) is 21.6 Å². The largest absolute Gasteiger partial charge is 0.456 e. The molecule has 4 rings (SSSR count). The lowest BCUT2D eigenvalue weighted by Gasteiger charge is -2.07. The second kappa shape index (κ2) is 6.83. The molecule has 0 amide bonds. The highest BCUT2D eigenvalue weighted by Gasteiger charge is 2.10. The van der Waals surface area contributed by atoms with Gasteiger partial charge in [-0.25, -0.2) is 19.4 Å². The third-order valence-corrected chi connectivity index (χ3v) is 4.00. The van der Waals surface area contributed by atoms with E-state index in [0.29, 0.717) is 16.9 Å². The van der Waals surface area contributed by atoms with Crippen LogP contribution in [0.25, 0.3) is 11.3 Å². The topological polar surface area (TPSA) is 91.4 Å². The number of pyridine rings is 1. The van der Waals surface area contributed by atoms with Crippen molar-refractivity contribution in [1.29, 1.82) is 0 Å². The van der Waals surface area contributed by atoms with Crippen molar-refractivity contribution in [2.75, 3.05) is 0 Å². The summed E-state index contributed by atoms with van der Waals surface area (Å²) in [6, 6.07) is 11.8. The average molecular weight is 361 g/mol. The predicted octanol–water partition coefficient (Wildman–Crippen LogP) is 1.94. The molecule has 8 heteroatoms. The number of carbonyl (C=O) groups excluding carboxylic acids is 1. The normalized spacial score (nSPS) is 10.9. The number of nitrogens with zero attached hydrogens (tertiary/aromatic N) is 5. The van der Waals surface area contributed by atoms with Gasteiger partial charge in [-0.05, 0) is 42.8 Å². The molecule has 3 aromatic heterocycles. The number of benzene rings is 1. The molecule has 3 heterocycles. The van der Waals surface area contributed by atoms with Crippen molar-refractivity contribution in [2.45, 2.75) is 13.5 Å². The fourth-order valence-corrected chi connectivity index (χ4v) is 2.65. The Balaban J connectivity index is 1.48. The zero-order valence-electron chi connectivity index (χ0n) is 14.4. The Morgan fingerprint density at radius 2 is 1.96 bits per heavy atom. The minimum absolute atomic E-state index is 0.0801. The lowest BCUT2D eigenvalue weighted by Crippen LogP contribution is -2.17.